The van der Waals surface area contributed by atoms with Crippen molar-refractivity contribution in [2.75, 3.05) is 0 Å². The van der Waals surface area contributed by atoms with Gasteiger partial charge in [0, 0.05) is 11.8 Å². The Morgan fingerprint density at radius 3 is 2.20 bits per heavy atom. The SMILES string of the molecule is C=C(C)[C@@H]1CC[C@]2(C(=O)N[C@H](C(=O)OC(C)(C)C)[C@H](C)CC)CC[C@]3(C)[C@H](CC[C@@H]4[C@@]5(C)CCC(=O)C(C)(C)[C@H]5CC[C@]43C)[C@@H]12. The number of ketones is 1. The third-order valence-electron chi connectivity index (χ3n) is 15.4. The maximum Gasteiger partial charge on any atom is 0.329 e. The number of hydrogen-bond donors (Lipinski definition) is 1. The summed E-state index contributed by atoms with van der Waals surface area (Å²) >= 11 is 0. The molecule has 0 heterocycles. The zero-order valence-electron chi connectivity index (χ0n) is 30.7. The smallest absolute Gasteiger partial charge is 0.329 e. The van der Waals surface area contributed by atoms with Gasteiger partial charge in [0.25, 0.3) is 0 Å². The second-order valence-electron chi connectivity index (χ2n) is 18.9. The van der Waals surface area contributed by atoms with Gasteiger partial charge in [-0.2, -0.15) is 0 Å². The maximum absolute atomic E-state index is 14.8. The molecule has 0 aromatic rings. The van der Waals surface area contributed by atoms with Crippen LogP contribution >= 0.6 is 0 Å². The number of fused-ring (bicyclic) bond motifs is 7. The number of carbonyl (C=O) groups excluding carboxylic acids is 3. The number of ether oxygens (including phenoxy) is 1. The Kier molecular flexibility index (Phi) is 8.64. The first-order valence-electron chi connectivity index (χ1n) is 18.4. The Morgan fingerprint density at radius 2 is 1.60 bits per heavy atom. The molecule has 0 bridgehead atoms. The van der Waals surface area contributed by atoms with Crippen LogP contribution in [0.2, 0.25) is 0 Å². The van der Waals surface area contributed by atoms with Gasteiger partial charge < -0.3 is 10.1 Å². The largest absolute Gasteiger partial charge is 0.458 e. The first-order valence-corrected chi connectivity index (χ1v) is 18.4. The summed E-state index contributed by atoms with van der Waals surface area (Å²) in [5, 5.41) is 3.34. The van der Waals surface area contributed by atoms with Crippen molar-refractivity contribution in [1.29, 1.82) is 0 Å². The van der Waals surface area contributed by atoms with E-state index in [2.05, 4.69) is 60.4 Å². The lowest BCUT2D eigenvalue weighted by Crippen LogP contribution is -2.67. The zero-order chi connectivity index (χ0) is 33.5. The highest BCUT2D eigenvalue weighted by Gasteiger charge is 2.72. The number of rotatable bonds is 6. The first-order chi connectivity index (χ1) is 20.7. The summed E-state index contributed by atoms with van der Waals surface area (Å²) in [5.41, 5.74) is 0.323. The molecule has 5 saturated carbocycles. The van der Waals surface area contributed by atoms with Crippen LogP contribution in [0.15, 0.2) is 12.2 Å². The monoisotopic (exact) mass is 623 g/mol. The minimum absolute atomic E-state index is 0.0113. The van der Waals surface area contributed by atoms with Crippen LogP contribution in [0.5, 0.6) is 0 Å². The van der Waals surface area contributed by atoms with E-state index in [1.807, 2.05) is 27.7 Å². The average molecular weight is 624 g/mol. The number of amides is 1. The number of nitrogens with one attached hydrogen (secondary N) is 1. The molecule has 1 N–H and O–H groups in total. The molecule has 45 heavy (non-hydrogen) atoms. The van der Waals surface area contributed by atoms with Crippen LogP contribution in [0.25, 0.3) is 0 Å². The van der Waals surface area contributed by atoms with Crippen LogP contribution in [0.3, 0.4) is 0 Å². The quantitative estimate of drug-likeness (QED) is 0.237. The third-order valence-corrected chi connectivity index (χ3v) is 15.4. The summed E-state index contributed by atoms with van der Waals surface area (Å²) in [4.78, 5) is 41.4. The van der Waals surface area contributed by atoms with E-state index >= 15 is 0 Å². The normalized spacial score (nSPS) is 43.5. The van der Waals surface area contributed by atoms with Crippen molar-refractivity contribution in [2.45, 2.75) is 158 Å². The van der Waals surface area contributed by atoms with Crippen molar-refractivity contribution in [2.24, 2.45) is 62.6 Å². The van der Waals surface area contributed by atoms with Crippen molar-refractivity contribution in [1.82, 2.24) is 5.32 Å². The lowest BCUT2D eigenvalue weighted by atomic mass is 9.32. The molecule has 5 fully saturated rings. The van der Waals surface area contributed by atoms with E-state index in [0.717, 1.165) is 51.4 Å². The minimum Gasteiger partial charge on any atom is -0.458 e. The maximum atomic E-state index is 14.8. The second kappa shape index (κ2) is 11.2. The first kappa shape index (κ1) is 34.7. The molecular weight excluding hydrogens is 558 g/mol. The molecule has 5 nitrogen and oxygen atoms in total. The molecule has 5 rings (SSSR count). The van der Waals surface area contributed by atoms with Crippen molar-refractivity contribution in [3.05, 3.63) is 12.2 Å². The van der Waals surface area contributed by atoms with Crippen molar-refractivity contribution in [3.63, 3.8) is 0 Å². The molecule has 5 heteroatoms. The van der Waals surface area contributed by atoms with Gasteiger partial charge >= 0.3 is 5.97 Å². The Labute approximate surface area is 274 Å². The van der Waals surface area contributed by atoms with E-state index in [-0.39, 0.29) is 45.4 Å². The lowest BCUT2D eigenvalue weighted by molar-refractivity contribution is -0.233. The fraction of sp³-hybridized carbons (Fsp3) is 0.875. The van der Waals surface area contributed by atoms with E-state index < -0.39 is 17.1 Å². The van der Waals surface area contributed by atoms with Gasteiger partial charge in [-0.1, -0.05) is 67.0 Å². The molecule has 0 radical (unpaired) electrons. The fourth-order valence-corrected chi connectivity index (χ4v) is 12.7. The highest BCUT2D eigenvalue weighted by atomic mass is 16.6. The summed E-state index contributed by atoms with van der Waals surface area (Å²) in [6.45, 7) is 28.6. The van der Waals surface area contributed by atoms with Gasteiger partial charge in [0.1, 0.15) is 17.4 Å². The predicted octanol–water partition coefficient (Wildman–Crippen LogP) is 9.09. The fourth-order valence-electron chi connectivity index (χ4n) is 12.7. The number of carbonyl (C=O) groups is 3. The summed E-state index contributed by atoms with van der Waals surface area (Å²) in [5.74, 6) is 2.22. The van der Waals surface area contributed by atoms with Gasteiger partial charge in [-0.05, 0) is 137 Å². The van der Waals surface area contributed by atoms with Crippen LogP contribution in [-0.4, -0.2) is 29.3 Å². The van der Waals surface area contributed by atoms with Crippen molar-refractivity contribution >= 4 is 17.7 Å². The lowest BCUT2D eigenvalue weighted by Gasteiger charge is -2.72. The van der Waals surface area contributed by atoms with Gasteiger partial charge in [0.05, 0.1) is 5.41 Å². The minimum atomic E-state index is -0.644. The van der Waals surface area contributed by atoms with Gasteiger partial charge in [-0.3, -0.25) is 9.59 Å². The molecular formula is C40H65NO4. The van der Waals surface area contributed by atoms with Gasteiger partial charge in [-0.25, -0.2) is 4.79 Å². The predicted molar refractivity (Wildman–Crippen MR) is 181 cm³/mol. The van der Waals surface area contributed by atoms with Gasteiger partial charge in [0.15, 0.2) is 0 Å². The number of allylic oxidation sites excluding steroid dienone is 1. The van der Waals surface area contributed by atoms with Crippen molar-refractivity contribution in [3.8, 4) is 0 Å². The van der Waals surface area contributed by atoms with Crippen LogP contribution in [0.4, 0.5) is 0 Å². The second-order valence-corrected chi connectivity index (χ2v) is 18.9. The van der Waals surface area contributed by atoms with E-state index in [9.17, 15) is 14.4 Å². The summed E-state index contributed by atoms with van der Waals surface area (Å²) < 4.78 is 5.84. The number of Topliss-reactive ketones (excluding diaryl/α,β-unsaturated/α-hetero) is 1. The topological polar surface area (TPSA) is 72.5 Å². The number of hydrogen-bond acceptors (Lipinski definition) is 4. The molecule has 5 aliphatic rings. The molecule has 0 aromatic heterocycles. The highest BCUT2D eigenvalue weighted by Crippen LogP contribution is 2.77. The molecule has 254 valence electrons. The third kappa shape index (κ3) is 5.09. The van der Waals surface area contributed by atoms with Crippen molar-refractivity contribution < 1.29 is 19.1 Å². The Balaban J connectivity index is 1.50. The van der Waals surface area contributed by atoms with Gasteiger partial charge in [0.2, 0.25) is 5.91 Å². The molecule has 1 amide bonds. The molecule has 0 spiro atoms. The van der Waals surface area contributed by atoms with Crippen LogP contribution < -0.4 is 5.32 Å². The molecule has 0 aromatic carbocycles. The molecule has 0 unspecified atom stereocenters. The summed E-state index contributed by atoms with van der Waals surface area (Å²) in [6, 6.07) is -0.644. The van der Waals surface area contributed by atoms with Crippen LogP contribution in [-0.2, 0) is 19.1 Å². The molecule has 11 atom stereocenters. The Bertz CT molecular complexity index is 1230. The van der Waals surface area contributed by atoms with E-state index in [1.54, 1.807) is 0 Å². The van der Waals surface area contributed by atoms with Gasteiger partial charge in [-0.15, -0.1) is 0 Å². The van der Waals surface area contributed by atoms with Crippen LogP contribution in [0, 0.1) is 62.6 Å². The molecule has 0 aliphatic heterocycles. The molecule has 0 saturated heterocycles. The average Bonchev–Trinajstić information content (AvgIpc) is 3.34. The summed E-state index contributed by atoms with van der Waals surface area (Å²) in [7, 11) is 0. The van der Waals surface area contributed by atoms with E-state index in [0.29, 0.717) is 35.9 Å². The molecule has 5 aliphatic carbocycles. The van der Waals surface area contributed by atoms with Crippen LogP contribution in [0.1, 0.15) is 147 Å². The zero-order valence-corrected chi connectivity index (χ0v) is 30.7. The summed E-state index contributed by atoms with van der Waals surface area (Å²) in [6.07, 6.45) is 10.9. The van der Waals surface area contributed by atoms with E-state index in [4.69, 9.17) is 4.74 Å². The number of esters is 1. The Hall–Kier alpha value is -1.65. The highest BCUT2D eigenvalue weighted by molar-refractivity contribution is 5.89. The Morgan fingerprint density at radius 1 is 0.933 bits per heavy atom. The standard InChI is InChI=1S/C40H65NO4/c1-13-25(4)32(33(43)45-35(5,6)7)41-34(44)40-21-16-26(24(2)3)31(40)27-14-15-29-37(10)19-18-30(42)36(8,9)28(37)17-20-39(29,12)38(27,11)22-23-40/h25-29,31-32H,2,13-23H2,1,3-12H3,(H,41,44)/t25-,26+,27-,28-,29-,31-,32+,37+,38-,39-,40+/m1/s1. The van der Waals surface area contributed by atoms with E-state index in [1.165, 1.54) is 18.4 Å².